The van der Waals surface area contributed by atoms with Gasteiger partial charge < -0.3 is 4.90 Å². The summed E-state index contributed by atoms with van der Waals surface area (Å²) in [4.78, 5) is 17.7. The van der Waals surface area contributed by atoms with E-state index in [0.29, 0.717) is 17.7 Å². The van der Waals surface area contributed by atoms with Crippen LogP contribution in [0, 0.1) is 23.7 Å². The number of hydrogen-bond acceptors (Lipinski definition) is 2. The summed E-state index contributed by atoms with van der Waals surface area (Å²) in [6, 6.07) is 10.5. The molecule has 0 bridgehead atoms. The van der Waals surface area contributed by atoms with Gasteiger partial charge in [-0.15, -0.1) is 0 Å². The first-order chi connectivity index (χ1) is 12.7. The van der Waals surface area contributed by atoms with E-state index in [2.05, 4.69) is 53.1 Å². The summed E-state index contributed by atoms with van der Waals surface area (Å²) in [6.07, 6.45) is 9.55. The molecule has 140 valence electrons. The monoisotopic (exact) mass is 352 g/mol. The molecule has 1 amide bonds. The fraction of sp³-hybridized carbons (Fsp3) is 0.609. The number of carbonyl (C=O) groups excluding carboxylic acids is 1. The van der Waals surface area contributed by atoms with Crippen LogP contribution in [0.25, 0.3) is 6.08 Å². The van der Waals surface area contributed by atoms with E-state index in [-0.39, 0.29) is 0 Å². The molecular formula is C23H32N2O. The van der Waals surface area contributed by atoms with Crippen LogP contribution in [0.4, 0.5) is 0 Å². The predicted molar refractivity (Wildman–Crippen MR) is 107 cm³/mol. The van der Waals surface area contributed by atoms with Gasteiger partial charge in [-0.1, -0.05) is 55.8 Å². The molecular weight excluding hydrogens is 320 g/mol. The van der Waals surface area contributed by atoms with Gasteiger partial charge in [0.1, 0.15) is 0 Å². The number of piperazine rings is 1. The Morgan fingerprint density at radius 1 is 1.08 bits per heavy atom. The van der Waals surface area contributed by atoms with Crippen molar-refractivity contribution in [3.05, 3.63) is 42.0 Å². The van der Waals surface area contributed by atoms with Gasteiger partial charge in [0.15, 0.2) is 0 Å². The molecule has 4 rings (SSSR count). The maximum atomic E-state index is 13.1. The van der Waals surface area contributed by atoms with Gasteiger partial charge in [-0.3, -0.25) is 9.69 Å². The van der Waals surface area contributed by atoms with Crippen molar-refractivity contribution >= 4 is 12.0 Å². The average Bonchev–Trinajstić information content (AvgIpc) is 3.27. The van der Waals surface area contributed by atoms with Crippen LogP contribution in [0.3, 0.4) is 0 Å². The van der Waals surface area contributed by atoms with Gasteiger partial charge in [0.2, 0.25) is 5.91 Å². The topological polar surface area (TPSA) is 23.6 Å². The van der Waals surface area contributed by atoms with Crippen LogP contribution in [-0.4, -0.2) is 48.4 Å². The molecule has 2 saturated carbocycles. The number of amides is 1. The zero-order valence-electron chi connectivity index (χ0n) is 16.0. The first-order valence-corrected chi connectivity index (χ1v) is 10.4. The zero-order chi connectivity index (χ0) is 17.9. The number of hydrogen-bond donors (Lipinski definition) is 0. The summed E-state index contributed by atoms with van der Waals surface area (Å²) in [5, 5.41) is 0. The summed E-state index contributed by atoms with van der Waals surface area (Å²) in [5.74, 6) is 3.05. The molecule has 1 saturated heterocycles. The highest BCUT2D eigenvalue weighted by Crippen LogP contribution is 2.51. The second-order valence-electron chi connectivity index (χ2n) is 8.52. The van der Waals surface area contributed by atoms with Crippen molar-refractivity contribution in [1.82, 2.24) is 9.80 Å². The molecule has 3 nitrogen and oxygen atoms in total. The Kier molecular flexibility index (Phi) is 5.44. The lowest BCUT2D eigenvalue weighted by Gasteiger charge is -2.36. The van der Waals surface area contributed by atoms with Gasteiger partial charge in [-0.2, -0.15) is 0 Å². The van der Waals surface area contributed by atoms with Gasteiger partial charge in [-0.05, 0) is 42.6 Å². The molecule has 26 heavy (non-hydrogen) atoms. The van der Waals surface area contributed by atoms with Crippen LogP contribution in [0.2, 0.25) is 0 Å². The van der Waals surface area contributed by atoms with Gasteiger partial charge >= 0.3 is 0 Å². The fourth-order valence-electron chi connectivity index (χ4n) is 5.54. The smallest absolute Gasteiger partial charge is 0.226 e. The number of benzene rings is 1. The van der Waals surface area contributed by atoms with Crippen LogP contribution in [0.5, 0.6) is 0 Å². The van der Waals surface area contributed by atoms with Crippen LogP contribution >= 0.6 is 0 Å². The molecule has 3 fully saturated rings. The van der Waals surface area contributed by atoms with Crippen molar-refractivity contribution in [2.75, 3.05) is 32.7 Å². The number of nitrogens with zero attached hydrogens (tertiary/aromatic N) is 2. The molecule has 4 atom stereocenters. The van der Waals surface area contributed by atoms with E-state index >= 15 is 0 Å². The van der Waals surface area contributed by atoms with E-state index in [1.807, 2.05) is 6.07 Å². The maximum Gasteiger partial charge on any atom is 0.226 e. The minimum Gasteiger partial charge on any atom is -0.340 e. The highest BCUT2D eigenvalue weighted by molar-refractivity contribution is 5.79. The maximum absolute atomic E-state index is 13.1. The van der Waals surface area contributed by atoms with E-state index in [1.54, 1.807) is 0 Å². The number of rotatable bonds is 4. The SMILES string of the molecule is CC1CC(C(=O)N2CCN(C/C=C/c3ccccc3)CC2)C2CCCC12. The summed E-state index contributed by atoms with van der Waals surface area (Å²) in [7, 11) is 0. The molecule has 3 aliphatic rings. The Morgan fingerprint density at radius 3 is 2.58 bits per heavy atom. The first-order valence-electron chi connectivity index (χ1n) is 10.4. The molecule has 1 aromatic carbocycles. The molecule has 2 aliphatic carbocycles. The van der Waals surface area contributed by atoms with Gasteiger partial charge in [0.25, 0.3) is 0 Å². The molecule has 0 N–H and O–H groups in total. The van der Waals surface area contributed by atoms with E-state index in [1.165, 1.54) is 24.8 Å². The Balaban J connectivity index is 1.26. The van der Waals surface area contributed by atoms with Crippen molar-refractivity contribution in [3.8, 4) is 0 Å². The second kappa shape index (κ2) is 7.96. The minimum atomic E-state index is 0.321. The molecule has 1 aliphatic heterocycles. The Labute approximate surface area is 158 Å². The van der Waals surface area contributed by atoms with Crippen molar-refractivity contribution in [2.24, 2.45) is 23.7 Å². The van der Waals surface area contributed by atoms with Crippen molar-refractivity contribution < 1.29 is 4.79 Å². The lowest BCUT2D eigenvalue weighted by molar-refractivity contribution is -0.138. The molecule has 4 unspecified atom stereocenters. The molecule has 1 heterocycles. The minimum absolute atomic E-state index is 0.321. The summed E-state index contributed by atoms with van der Waals surface area (Å²) in [5.41, 5.74) is 1.25. The lowest BCUT2D eigenvalue weighted by Crippen LogP contribution is -2.50. The van der Waals surface area contributed by atoms with Crippen molar-refractivity contribution in [3.63, 3.8) is 0 Å². The summed E-state index contributed by atoms with van der Waals surface area (Å²) in [6.45, 7) is 7.15. The first kappa shape index (κ1) is 17.8. The van der Waals surface area contributed by atoms with Crippen LogP contribution in [0.1, 0.15) is 38.2 Å². The van der Waals surface area contributed by atoms with Crippen molar-refractivity contribution in [2.45, 2.75) is 32.6 Å². The van der Waals surface area contributed by atoms with Gasteiger partial charge in [0.05, 0.1) is 0 Å². The van der Waals surface area contributed by atoms with Crippen molar-refractivity contribution in [1.29, 1.82) is 0 Å². The Morgan fingerprint density at radius 2 is 1.81 bits per heavy atom. The van der Waals surface area contributed by atoms with Crippen LogP contribution in [0.15, 0.2) is 36.4 Å². The third-order valence-electron chi connectivity index (χ3n) is 6.97. The Bertz CT molecular complexity index is 633. The molecule has 3 heteroatoms. The Hall–Kier alpha value is -1.61. The molecule has 0 radical (unpaired) electrons. The quantitative estimate of drug-likeness (QED) is 0.820. The normalized spacial score (nSPS) is 32.3. The highest BCUT2D eigenvalue weighted by atomic mass is 16.2. The lowest BCUT2D eigenvalue weighted by atomic mass is 9.90. The van der Waals surface area contributed by atoms with E-state index in [0.717, 1.165) is 51.0 Å². The predicted octanol–water partition coefficient (Wildman–Crippen LogP) is 3.92. The van der Waals surface area contributed by atoms with Crippen LogP contribution in [-0.2, 0) is 4.79 Å². The largest absolute Gasteiger partial charge is 0.340 e. The number of fused-ring (bicyclic) bond motifs is 1. The van der Waals surface area contributed by atoms with Crippen LogP contribution < -0.4 is 0 Å². The third kappa shape index (κ3) is 3.73. The van der Waals surface area contributed by atoms with E-state index in [4.69, 9.17) is 0 Å². The molecule has 1 aromatic rings. The average molecular weight is 353 g/mol. The fourth-order valence-corrected chi connectivity index (χ4v) is 5.54. The third-order valence-corrected chi connectivity index (χ3v) is 6.97. The zero-order valence-corrected chi connectivity index (χ0v) is 16.0. The summed E-state index contributed by atoms with van der Waals surface area (Å²) < 4.78 is 0. The second-order valence-corrected chi connectivity index (χ2v) is 8.52. The van der Waals surface area contributed by atoms with Gasteiger partial charge in [-0.25, -0.2) is 0 Å². The van der Waals surface area contributed by atoms with E-state index < -0.39 is 0 Å². The number of carbonyl (C=O) groups is 1. The standard InChI is InChI=1S/C23H32N2O/c1-18-17-22(21-11-5-10-20(18)21)23(26)25-15-13-24(14-16-25)12-6-9-19-7-3-2-4-8-19/h2-4,6-9,18,20-22H,5,10-17H2,1H3/b9-6+. The highest BCUT2D eigenvalue weighted by Gasteiger charge is 2.47. The van der Waals surface area contributed by atoms with E-state index in [9.17, 15) is 4.79 Å². The van der Waals surface area contributed by atoms with Gasteiger partial charge in [0, 0.05) is 38.6 Å². The molecule has 0 aromatic heterocycles. The summed E-state index contributed by atoms with van der Waals surface area (Å²) >= 11 is 0. The molecule has 0 spiro atoms.